The Hall–Kier alpha value is -1.21. The molecule has 0 saturated heterocycles. The number of hydrogen-bond acceptors (Lipinski definition) is 2. The summed E-state index contributed by atoms with van der Waals surface area (Å²) in [4.78, 5) is 4.19. The minimum Gasteiger partial charge on any atom is -0.370 e. The number of guanidine groups is 1. The smallest absolute Gasteiger partial charge is 0.188 e. The van der Waals surface area contributed by atoms with E-state index in [1.807, 2.05) is 18.7 Å². The molecule has 0 atom stereocenters. The zero-order valence-electron chi connectivity index (χ0n) is 13.4. The van der Waals surface area contributed by atoms with Crippen molar-refractivity contribution in [2.24, 2.45) is 10.7 Å². The molecule has 23 heavy (non-hydrogen) atoms. The lowest BCUT2D eigenvalue weighted by atomic mass is 10.1. The van der Waals surface area contributed by atoms with Crippen LogP contribution in [0.1, 0.15) is 12.5 Å². The molecule has 0 saturated carbocycles. The van der Waals surface area contributed by atoms with Crippen molar-refractivity contribution in [3.63, 3.8) is 0 Å². The quantitative estimate of drug-likeness (QED) is 0.223. The summed E-state index contributed by atoms with van der Waals surface area (Å²) >= 11 is 1.90. The van der Waals surface area contributed by atoms with Gasteiger partial charge in [-0.2, -0.15) is 11.8 Å². The highest BCUT2D eigenvalue weighted by atomic mass is 127. The van der Waals surface area contributed by atoms with Crippen LogP contribution in [0.4, 0.5) is 0 Å². The summed E-state index contributed by atoms with van der Waals surface area (Å²) < 4.78 is 0. The molecule has 0 heterocycles. The number of hydrogen-bond donors (Lipinski definition) is 2. The van der Waals surface area contributed by atoms with E-state index >= 15 is 0 Å². The Bertz CT molecular complexity index is 665. The van der Waals surface area contributed by atoms with E-state index in [0.717, 1.165) is 23.6 Å². The van der Waals surface area contributed by atoms with Crippen LogP contribution in [0.2, 0.25) is 0 Å². The van der Waals surface area contributed by atoms with Crippen LogP contribution in [-0.2, 0) is 5.75 Å². The van der Waals surface area contributed by atoms with Gasteiger partial charge in [-0.1, -0.05) is 54.6 Å². The lowest BCUT2D eigenvalue weighted by Gasteiger charge is -2.08. The molecule has 0 aliphatic carbocycles. The largest absolute Gasteiger partial charge is 0.370 e. The number of benzene rings is 2. The first-order chi connectivity index (χ1) is 10.7. The van der Waals surface area contributed by atoms with Crippen molar-refractivity contribution >= 4 is 52.5 Å². The van der Waals surface area contributed by atoms with Crippen molar-refractivity contribution in [1.82, 2.24) is 5.32 Å². The summed E-state index contributed by atoms with van der Waals surface area (Å²) in [6.45, 7) is 7.15. The highest BCUT2D eigenvalue weighted by molar-refractivity contribution is 14.0. The molecule has 3 N–H and O–H groups in total. The SMILES string of the molecule is C=C(C)CN=C(N)NCCSCc1cccc2ccccc12.I. The van der Waals surface area contributed by atoms with Crippen LogP contribution in [0, 0.1) is 0 Å². The van der Waals surface area contributed by atoms with Crippen molar-refractivity contribution in [2.45, 2.75) is 12.7 Å². The van der Waals surface area contributed by atoms with E-state index < -0.39 is 0 Å². The fourth-order valence-corrected chi connectivity index (χ4v) is 2.99. The minimum absolute atomic E-state index is 0. The monoisotopic (exact) mass is 441 g/mol. The van der Waals surface area contributed by atoms with E-state index in [0.29, 0.717) is 12.5 Å². The van der Waals surface area contributed by atoms with Gasteiger partial charge < -0.3 is 11.1 Å². The van der Waals surface area contributed by atoms with E-state index in [9.17, 15) is 0 Å². The van der Waals surface area contributed by atoms with Crippen molar-refractivity contribution in [2.75, 3.05) is 18.8 Å². The van der Waals surface area contributed by atoms with Gasteiger partial charge in [-0.3, -0.25) is 0 Å². The summed E-state index contributed by atoms with van der Waals surface area (Å²) in [6.07, 6.45) is 0. The normalized spacial score (nSPS) is 11.1. The Kier molecular flexibility index (Phi) is 9.09. The molecule has 0 unspecified atom stereocenters. The van der Waals surface area contributed by atoms with E-state index in [1.54, 1.807) is 0 Å². The van der Waals surface area contributed by atoms with Gasteiger partial charge in [0.05, 0.1) is 6.54 Å². The second-order valence-corrected chi connectivity index (χ2v) is 6.38. The number of halogens is 1. The first kappa shape index (κ1) is 19.8. The van der Waals surface area contributed by atoms with Crippen LogP contribution in [0.5, 0.6) is 0 Å². The van der Waals surface area contributed by atoms with E-state index in [2.05, 4.69) is 59.4 Å². The standard InChI is InChI=1S/C18H23N3S.HI/c1-14(2)12-21-18(19)20-10-11-22-13-16-8-5-7-15-6-3-4-9-17(15)16;/h3-9H,1,10-13H2,2H3,(H3,19,20,21);1H. The molecule has 124 valence electrons. The van der Waals surface area contributed by atoms with Gasteiger partial charge in [0.15, 0.2) is 5.96 Å². The molecule has 0 amide bonds. The Balaban J connectivity index is 0.00000264. The summed E-state index contributed by atoms with van der Waals surface area (Å²) in [5.74, 6) is 2.49. The number of nitrogens with zero attached hydrogens (tertiary/aromatic N) is 1. The predicted octanol–water partition coefficient (Wildman–Crippen LogP) is 4.17. The second-order valence-electron chi connectivity index (χ2n) is 5.28. The lowest BCUT2D eigenvalue weighted by Crippen LogP contribution is -2.33. The molecular formula is C18H24IN3S. The molecule has 2 aromatic carbocycles. The minimum atomic E-state index is 0. The van der Waals surface area contributed by atoms with Crippen molar-refractivity contribution < 1.29 is 0 Å². The maximum Gasteiger partial charge on any atom is 0.188 e. The Morgan fingerprint density at radius 3 is 2.74 bits per heavy atom. The molecule has 0 radical (unpaired) electrons. The molecule has 0 aromatic heterocycles. The van der Waals surface area contributed by atoms with Gasteiger partial charge in [0, 0.05) is 18.1 Å². The lowest BCUT2D eigenvalue weighted by molar-refractivity contribution is 0.946. The fourth-order valence-electron chi connectivity index (χ4n) is 2.13. The van der Waals surface area contributed by atoms with E-state index in [-0.39, 0.29) is 24.0 Å². The maximum absolute atomic E-state index is 5.78. The van der Waals surface area contributed by atoms with Gasteiger partial charge in [0.1, 0.15) is 0 Å². The van der Waals surface area contributed by atoms with Crippen LogP contribution < -0.4 is 11.1 Å². The van der Waals surface area contributed by atoms with Gasteiger partial charge in [0.2, 0.25) is 0 Å². The fraction of sp³-hybridized carbons (Fsp3) is 0.278. The number of fused-ring (bicyclic) bond motifs is 1. The van der Waals surface area contributed by atoms with Crippen molar-refractivity contribution in [3.05, 3.63) is 60.2 Å². The average Bonchev–Trinajstić information content (AvgIpc) is 2.52. The predicted molar refractivity (Wildman–Crippen MR) is 115 cm³/mol. The van der Waals surface area contributed by atoms with Crippen LogP contribution in [0.25, 0.3) is 10.8 Å². The molecule has 0 aliphatic heterocycles. The van der Waals surface area contributed by atoms with Crippen molar-refractivity contribution in [3.8, 4) is 0 Å². The zero-order valence-corrected chi connectivity index (χ0v) is 16.6. The second kappa shape index (κ2) is 10.5. The number of nitrogens with one attached hydrogen (secondary N) is 1. The average molecular weight is 441 g/mol. The molecular weight excluding hydrogens is 417 g/mol. The van der Waals surface area contributed by atoms with E-state index in [1.165, 1.54) is 16.3 Å². The van der Waals surface area contributed by atoms with Gasteiger partial charge in [-0.25, -0.2) is 4.99 Å². The third-order valence-corrected chi connectivity index (χ3v) is 4.22. The van der Waals surface area contributed by atoms with Crippen molar-refractivity contribution in [1.29, 1.82) is 0 Å². The first-order valence-corrected chi connectivity index (χ1v) is 8.55. The van der Waals surface area contributed by atoms with Gasteiger partial charge in [-0.15, -0.1) is 24.0 Å². The first-order valence-electron chi connectivity index (χ1n) is 7.39. The molecule has 0 spiro atoms. The molecule has 0 fully saturated rings. The Morgan fingerprint density at radius 1 is 1.22 bits per heavy atom. The number of aliphatic imine (C=N–C) groups is 1. The van der Waals surface area contributed by atoms with Crippen LogP contribution in [-0.4, -0.2) is 24.8 Å². The Morgan fingerprint density at radius 2 is 1.96 bits per heavy atom. The number of nitrogens with two attached hydrogens (primary N) is 1. The van der Waals surface area contributed by atoms with Gasteiger partial charge >= 0.3 is 0 Å². The van der Waals surface area contributed by atoms with Crippen LogP contribution in [0.15, 0.2) is 59.6 Å². The molecule has 2 rings (SSSR count). The third-order valence-electron chi connectivity index (χ3n) is 3.21. The molecule has 5 heteroatoms. The van der Waals surface area contributed by atoms with Gasteiger partial charge in [0.25, 0.3) is 0 Å². The third kappa shape index (κ3) is 6.83. The van der Waals surface area contributed by atoms with Crippen LogP contribution in [0.3, 0.4) is 0 Å². The van der Waals surface area contributed by atoms with Gasteiger partial charge in [-0.05, 0) is 23.3 Å². The summed E-state index contributed by atoms with van der Waals surface area (Å²) in [6, 6.07) is 15.0. The summed E-state index contributed by atoms with van der Waals surface area (Å²) in [5.41, 5.74) is 8.17. The summed E-state index contributed by atoms with van der Waals surface area (Å²) in [5, 5.41) is 5.77. The molecule has 2 aromatic rings. The topological polar surface area (TPSA) is 50.4 Å². The highest BCUT2D eigenvalue weighted by Crippen LogP contribution is 2.22. The summed E-state index contributed by atoms with van der Waals surface area (Å²) in [7, 11) is 0. The number of thioether (sulfide) groups is 1. The zero-order chi connectivity index (χ0) is 15.8. The molecule has 0 bridgehead atoms. The highest BCUT2D eigenvalue weighted by Gasteiger charge is 2.00. The van der Waals surface area contributed by atoms with E-state index in [4.69, 9.17) is 5.73 Å². The maximum atomic E-state index is 5.78. The van der Waals surface area contributed by atoms with Crippen LogP contribution >= 0.6 is 35.7 Å². The Labute approximate surface area is 159 Å². The molecule has 3 nitrogen and oxygen atoms in total. The molecule has 0 aliphatic rings. The number of rotatable bonds is 7.